The van der Waals surface area contributed by atoms with Crippen molar-refractivity contribution in [1.29, 1.82) is 0 Å². The van der Waals surface area contributed by atoms with Gasteiger partial charge in [-0.15, -0.1) is 11.3 Å². The van der Waals surface area contributed by atoms with Crippen molar-refractivity contribution in [3.8, 4) is 0 Å². The van der Waals surface area contributed by atoms with Gasteiger partial charge in [0.15, 0.2) is 0 Å². The number of aromatic nitrogens is 1. The smallest absolute Gasteiger partial charge is 0.354 e. The predicted octanol–water partition coefficient (Wildman–Crippen LogP) is 3.41. The molecule has 0 amide bonds. The van der Waals surface area contributed by atoms with Gasteiger partial charge in [-0.1, -0.05) is 0 Å². The van der Waals surface area contributed by atoms with Crippen molar-refractivity contribution in [1.82, 2.24) is 4.98 Å². The average Bonchev–Trinajstić information content (AvgIpc) is 2.81. The summed E-state index contributed by atoms with van der Waals surface area (Å²) in [5.74, 6) is -1.23. The van der Waals surface area contributed by atoms with Gasteiger partial charge in [-0.25, -0.2) is 13.2 Å². The molecule has 2 heterocycles. The fourth-order valence-corrected chi connectivity index (χ4v) is 6.42. The normalized spacial score (nSPS) is 11.6. The Balaban J connectivity index is 2.43. The predicted molar refractivity (Wildman–Crippen MR) is 83.0 cm³/mol. The molecule has 0 radical (unpaired) electrons. The second-order valence-corrected chi connectivity index (χ2v) is 9.24. The average molecular weight is 444 g/mol. The molecule has 20 heavy (non-hydrogen) atoms. The summed E-state index contributed by atoms with van der Waals surface area (Å²) in [4.78, 5) is 13.7. The molecule has 2 rings (SSSR count). The van der Waals surface area contributed by atoms with Crippen molar-refractivity contribution in [3.63, 3.8) is 0 Å². The molecule has 2 aromatic rings. The van der Waals surface area contributed by atoms with Crippen molar-refractivity contribution >= 4 is 64.9 Å². The molecule has 10 heteroatoms. The van der Waals surface area contributed by atoms with Gasteiger partial charge in [0.2, 0.25) is 0 Å². The van der Waals surface area contributed by atoms with Crippen LogP contribution in [-0.4, -0.2) is 24.5 Å². The molecule has 0 atom stereocenters. The van der Waals surface area contributed by atoms with Gasteiger partial charge in [0.05, 0.1) is 13.3 Å². The van der Waals surface area contributed by atoms with Crippen molar-refractivity contribution in [2.75, 3.05) is 4.72 Å². The van der Waals surface area contributed by atoms with Crippen LogP contribution in [0.15, 0.2) is 24.6 Å². The van der Waals surface area contributed by atoms with E-state index in [9.17, 15) is 13.2 Å². The summed E-state index contributed by atoms with van der Waals surface area (Å²) in [5.41, 5.74) is 0.353. The first-order chi connectivity index (χ1) is 9.20. The summed E-state index contributed by atoms with van der Waals surface area (Å²) in [6.07, 6.45) is 0. The fraction of sp³-hybridized carbons (Fsp3) is 0.100. The first-order valence-corrected chi connectivity index (χ1v) is 9.00. The summed E-state index contributed by atoms with van der Waals surface area (Å²) in [6.45, 7) is 1.64. The highest BCUT2D eigenvalue weighted by Crippen LogP contribution is 2.36. The monoisotopic (exact) mass is 442 g/mol. The molecule has 0 saturated carbocycles. The number of aryl methyl sites for hydroxylation is 1. The summed E-state index contributed by atoms with van der Waals surface area (Å²) in [6, 6.07) is 2.87. The number of sulfonamides is 1. The minimum Gasteiger partial charge on any atom is -0.477 e. The maximum absolute atomic E-state index is 12.3. The summed E-state index contributed by atoms with van der Waals surface area (Å²) < 4.78 is 27.9. The summed E-state index contributed by atoms with van der Waals surface area (Å²) in [5, 5.41) is 9.02. The number of carboxylic acids is 1. The molecule has 3 N–H and O–H groups in total. The standard InChI is InChI=1S/C10H8Br2N2O4S2/c1-4-2-5(8(13-4)10(15)16)14-20(17,18)6-3-7(11)19-9(6)12/h2-3,13-14H,1H3,(H,15,16). The molecule has 0 unspecified atom stereocenters. The quantitative estimate of drug-likeness (QED) is 0.674. The molecule has 108 valence electrons. The lowest BCUT2D eigenvalue weighted by Crippen LogP contribution is -2.14. The van der Waals surface area contributed by atoms with Crippen LogP contribution in [0.2, 0.25) is 0 Å². The largest absolute Gasteiger partial charge is 0.477 e. The van der Waals surface area contributed by atoms with Crippen molar-refractivity contribution in [2.45, 2.75) is 11.8 Å². The SMILES string of the molecule is Cc1cc(NS(=O)(=O)c2cc(Br)sc2Br)c(C(=O)O)[nH]1. The number of carboxylic acid groups (broad SMARTS) is 1. The molecule has 0 aliphatic rings. The van der Waals surface area contributed by atoms with Crippen LogP contribution in [0.5, 0.6) is 0 Å². The summed E-state index contributed by atoms with van der Waals surface area (Å²) >= 11 is 7.58. The molecule has 2 aromatic heterocycles. The Morgan fingerprint density at radius 1 is 1.40 bits per heavy atom. The van der Waals surface area contributed by atoms with E-state index in [4.69, 9.17) is 5.11 Å². The van der Waals surface area contributed by atoms with Gasteiger partial charge in [0, 0.05) is 5.69 Å². The summed E-state index contributed by atoms with van der Waals surface area (Å²) in [7, 11) is -3.87. The van der Waals surface area contributed by atoms with E-state index in [1.54, 1.807) is 6.92 Å². The van der Waals surface area contributed by atoms with E-state index in [0.29, 0.717) is 13.3 Å². The Morgan fingerprint density at radius 3 is 2.55 bits per heavy atom. The number of thiophene rings is 1. The second-order valence-electron chi connectivity index (χ2n) is 3.84. The minimum atomic E-state index is -3.87. The number of H-pyrrole nitrogens is 1. The molecule has 0 bridgehead atoms. The van der Waals surface area contributed by atoms with Crippen LogP contribution in [0.3, 0.4) is 0 Å². The number of hydrogen-bond acceptors (Lipinski definition) is 4. The molecule has 0 saturated heterocycles. The van der Waals surface area contributed by atoms with Crippen LogP contribution >= 0.6 is 43.2 Å². The van der Waals surface area contributed by atoms with Crippen molar-refractivity contribution < 1.29 is 18.3 Å². The fourth-order valence-electron chi connectivity index (χ4n) is 1.55. The Kier molecular flexibility index (Phi) is 4.28. The lowest BCUT2D eigenvalue weighted by atomic mass is 10.4. The number of nitrogens with one attached hydrogen (secondary N) is 2. The molecule has 0 spiro atoms. The zero-order valence-electron chi connectivity index (χ0n) is 9.90. The molecule has 0 fully saturated rings. The number of aromatic carboxylic acids is 1. The van der Waals surface area contributed by atoms with E-state index in [1.807, 2.05) is 0 Å². The first-order valence-electron chi connectivity index (χ1n) is 5.11. The molecule has 0 aliphatic carbocycles. The highest BCUT2D eigenvalue weighted by molar-refractivity contribution is 9.12. The van der Waals surface area contributed by atoms with Gasteiger partial charge >= 0.3 is 5.97 Å². The Labute approximate surface area is 135 Å². The molecule has 6 nitrogen and oxygen atoms in total. The highest BCUT2D eigenvalue weighted by atomic mass is 79.9. The van der Waals surface area contributed by atoms with Crippen LogP contribution in [0.4, 0.5) is 5.69 Å². The second kappa shape index (κ2) is 5.51. The number of hydrogen-bond donors (Lipinski definition) is 3. The lowest BCUT2D eigenvalue weighted by molar-refractivity contribution is 0.0692. The van der Waals surface area contributed by atoms with Crippen LogP contribution in [0.1, 0.15) is 16.2 Å². The molecule has 0 aliphatic heterocycles. The highest BCUT2D eigenvalue weighted by Gasteiger charge is 2.24. The van der Waals surface area contributed by atoms with Crippen molar-refractivity contribution in [2.24, 2.45) is 0 Å². The van der Waals surface area contributed by atoms with Gasteiger partial charge in [-0.2, -0.15) is 0 Å². The zero-order chi connectivity index (χ0) is 15.1. The topological polar surface area (TPSA) is 99.3 Å². The van der Waals surface area contributed by atoms with Crippen LogP contribution in [0.25, 0.3) is 0 Å². The van der Waals surface area contributed by atoms with E-state index in [2.05, 4.69) is 41.6 Å². The molecular weight excluding hydrogens is 436 g/mol. The number of carbonyl (C=O) groups is 1. The van der Waals surface area contributed by atoms with E-state index >= 15 is 0 Å². The van der Waals surface area contributed by atoms with Crippen LogP contribution in [0, 0.1) is 6.92 Å². The number of anilines is 1. The third-order valence-electron chi connectivity index (χ3n) is 2.33. The minimum absolute atomic E-state index is 0.00391. The van der Waals surface area contributed by atoms with Gasteiger partial charge in [-0.05, 0) is 50.9 Å². The molecule has 0 aromatic carbocycles. The van der Waals surface area contributed by atoms with E-state index in [0.717, 1.165) is 0 Å². The third kappa shape index (κ3) is 3.08. The maximum Gasteiger partial charge on any atom is 0.354 e. The van der Waals surface area contributed by atoms with Crippen LogP contribution < -0.4 is 4.72 Å². The van der Waals surface area contributed by atoms with Gasteiger partial charge in [0.1, 0.15) is 10.6 Å². The van der Waals surface area contributed by atoms with E-state index in [1.165, 1.54) is 23.5 Å². The van der Waals surface area contributed by atoms with Gasteiger partial charge < -0.3 is 10.1 Å². The van der Waals surface area contributed by atoms with Gasteiger partial charge in [0.25, 0.3) is 10.0 Å². The first kappa shape index (κ1) is 15.5. The van der Waals surface area contributed by atoms with Crippen molar-refractivity contribution in [3.05, 3.63) is 31.1 Å². The zero-order valence-corrected chi connectivity index (χ0v) is 14.7. The van der Waals surface area contributed by atoms with Gasteiger partial charge in [-0.3, -0.25) is 4.72 Å². The third-order valence-corrected chi connectivity index (χ3v) is 6.45. The Morgan fingerprint density at radius 2 is 2.05 bits per heavy atom. The maximum atomic E-state index is 12.3. The molecular formula is C10H8Br2N2O4S2. The van der Waals surface area contributed by atoms with E-state index < -0.39 is 16.0 Å². The van der Waals surface area contributed by atoms with E-state index in [-0.39, 0.29) is 16.3 Å². The number of aromatic amines is 1. The lowest BCUT2D eigenvalue weighted by Gasteiger charge is -2.06. The Bertz CT molecular complexity index is 779. The van der Waals surface area contributed by atoms with Crippen LogP contribution in [-0.2, 0) is 10.0 Å². The Hall–Kier alpha value is -0.840. The number of rotatable bonds is 4. The number of halogens is 2.